The van der Waals surface area contributed by atoms with Crippen molar-refractivity contribution < 1.29 is 28.6 Å². The Morgan fingerprint density at radius 2 is 1.59 bits per heavy atom. The van der Waals surface area contributed by atoms with E-state index in [1.54, 1.807) is 4.90 Å². The molecule has 0 radical (unpaired) electrons. The number of carbonyl (C=O) groups is 3. The minimum absolute atomic E-state index is 0.0339. The van der Waals surface area contributed by atoms with Crippen molar-refractivity contribution in [1.82, 2.24) is 4.90 Å². The van der Waals surface area contributed by atoms with Crippen LogP contribution in [0.15, 0.2) is 0 Å². The summed E-state index contributed by atoms with van der Waals surface area (Å²) in [4.78, 5) is 38.7. The van der Waals surface area contributed by atoms with Crippen LogP contribution in [0.2, 0.25) is 0 Å². The van der Waals surface area contributed by atoms with Crippen molar-refractivity contribution in [2.45, 2.75) is 64.9 Å². The summed E-state index contributed by atoms with van der Waals surface area (Å²) in [5.74, 6) is -0.509. The Morgan fingerprint density at radius 1 is 0.926 bits per heavy atom. The molecule has 0 aromatic heterocycles. The van der Waals surface area contributed by atoms with Crippen molar-refractivity contribution in [2.75, 3.05) is 32.9 Å². The van der Waals surface area contributed by atoms with Gasteiger partial charge in [0.15, 0.2) is 11.9 Å². The van der Waals surface area contributed by atoms with Gasteiger partial charge in [-0.15, -0.1) is 0 Å². The third-order valence-corrected chi connectivity index (χ3v) is 5.35. The van der Waals surface area contributed by atoms with Gasteiger partial charge in [0, 0.05) is 19.0 Å². The molecule has 3 atom stereocenters. The highest BCUT2D eigenvalue weighted by molar-refractivity contribution is 5.87. The van der Waals surface area contributed by atoms with Crippen LogP contribution >= 0.6 is 0 Å². The fourth-order valence-electron chi connectivity index (χ4n) is 3.44. The minimum atomic E-state index is -0.696. The first kappa shape index (κ1) is 21.7. The second kappa shape index (κ2) is 11.3. The molecule has 2 fully saturated rings. The van der Waals surface area contributed by atoms with Crippen LogP contribution < -0.4 is 0 Å². The van der Waals surface area contributed by atoms with Crippen LogP contribution in [-0.2, 0) is 23.8 Å². The van der Waals surface area contributed by atoms with Crippen LogP contribution in [0.5, 0.6) is 0 Å². The van der Waals surface area contributed by atoms with E-state index in [0.29, 0.717) is 52.2 Å². The van der Waals surface area contributed by atoms with E-state index in [9.17, 15) is 14.4 Å². The lowest BCUT2D eigenvalue weighted by atomic mass is 9.93. The third-order valence-electron chi connectivity index (χ3n) is 5.35. The molecule has 2 saturated heterocycles. The van der Waals surface area contributed by atoms with Crippen LogP contribution in [-0.4, -0.2) is 61.8 Å². The molecule has 27 heavy (non-hydrogen) atoms. The van der Waals surface area contributed by atoms with Crippen molar-refractivity contribution in [1.29, 1.82) is 0 Å². The van der Waals surface area contributed by atoms with Gasteiger partial charge in [0.2, 0.25) is 0 Å². The summed E-state index contributed by atoms with van der Waals surface area (Å²) in [6, 6.07) is 0. The van der Waals surface area contributed by atoms with Crippen LogP contribution in [0.3, 0.4) is 0 Å². The lowest BCUT2D eigenvalue weighted by Gasteiger charge is -2.29. The van der Waals surface area contributed by atoms with Crippen LogP contribution in [0.1, 0.15) is 58.8 Å². The van der Waals surface area contributed by atoms with E-state index in [1.807, 2.05) is 13.8 Å². The molecule has 7 heteroatoms. The fourth-order valence-corrected chi connectivity index (χ4v) is 3.44. The predicted octanol–water partition coefficient (Wildman–Crippen LogP) is 2.95. The number of rotatable bonds is 1. The van der Waals surface area contributed by atoms with Gasteiger partial charge < -0.3 is 19.1 Å². The van der Waals surface area contributed by atoms with Gasteiger partial charge in [-0.2, -0.15) is 0 Å². The number of morpholine rings is 1. The molecule has 2 aliphatic heterocycles. The van der Waals surface area contributed by atoms with Crippen molar-refractivity contribution in [2.24, 2.45) is 11.8 Å². The Balaban J connectivity index is 1.95. The molecule has 2 aliphatic rings. The quantitative estimate of drug-likeness (QED) is 0.648. The van der Waals surface area contributed by atoms with Crippen LogP contribution in [0.4, 0.5) is 4.79 Å². The van der Waals surface area contributed by atoms with Crippen molar-refractivity contribution in [3.05, 3.63) is 0 Å². The maximum Gasteiger partial charge on any atom is 0.410 e. The van der Waals surface area contributed by atoms with E-state index >= 15 is 0 Å². The molecule has 3 unspecified atom stereocenters. The van der Waals surface area contributed by atoms with Crippen LogP contribution in [0, 0.1) is 11.8 Å². The van der Waals surface area contributed by atoms with Crippen LogP contribution in [0.25, 0.3) is 0 Å². The molecule has 1 amide bonds. The molecule has 0 aliphatic carbocycles. The average molecular weight is 383 g/mol. The lowest BCUT2D eigenvalue weighted by molar-refractivity contribution is -0.148. The van der Waals surface area contributed by atoms with Gasteiger partial charge >= 0.3 is 12.1 Å². The Bertz CT molecular complexity index is 503. The maximum atomic E-state index is 12.8. The van der Waals surface area contributed by atoms with E-state index < -0.39 is 12.2 Å². The second-order valence-electron chi connectivity index (χ2n) is 7.62. The molecule has 0 saturated carbocycles. The van der Waals surface area contributed by atoms with E-state index in [-0.39, 0.29) is 23.6 Å². The summed E-state index contributed by atoms with van der Waals surface area (Å²) in [5, 5.41) is 0. The summed E-state index contributed by atoms with van der Waals surface area (Å²) in [6.45, 7) is 6.08. The summed E-state index contributed by atoms with van der Waals surface area (Å²) < 4.78 is 16.2. The first-order chi connectivity index (χ1) is 13.0. The van der Waals surface area contributed by atoms with Crippen molar-refractivity contribution >= 4 is 17.8 Å². The topological polar surface area (TPSA) is 82.1 Å². The lowest BCUT2D eigenvalue weighted by Crippen LogP contribution is -2.44. The van der Waals surface area contributed by atoms with Gasteiger partial charge in [-0.25, -0.2) is 4.79 Å². The maximum absolute atomic E-state index is 12.8. The number of ether oxygens (including phenoxy) is 3. The number of esters is 1. The normalized spacial score (nSPS) is 29.6. The molecule has 0 spiro atoms. The highest BCUT2D eigenvalue weighted by Gasteiger charge is 2.29. The smallest absolute Gasteiger partial charge is 0.410 e. The molecule has 7 nitrogen and oxygen atoms in total. The van der Waals surface area contributed by atoms with Gasteiger partial charge in [-0.05, 0) is 32.1 Å². The highest BCUT2D eigenvalue weighted by atomic mass is 16.6. The Labute approximate surface area is 161 Å². The van der Waals surface area contributed by atoms with Gasteiger partial charge in [0.05, 0.1) is 25.7 Å². The number of amides is 1. The standard InChI is InChI=1S/C20H33NO6/c1-15-8-6-12-26-19(23)16(2)7-4-3-5-9-17(18(15)22)27-20(24)21-10-13-25-14-11-21/h15-17H,3-14H2,1-2H3. The fraction of sp³-hybridized carbons (Fsp3) is 0.850. The summed E-state index contributed by atoms with van der Waals surface area (Å²) >= 11 is 0. The zero-order valence-corrected chi connectivity index (χ0v) is 16.6. The zero-order valence-electron chi connectivity index (χ0n) is 16.6. The molecule has 154 valence electrons. The summed E-state index contributed by atoms with van der Waals surface area (Å²) in [6.07, 6.45) is 4.03. The molecule has 0 aromatic carbocycles. The predicted molar refractivity (Wildman–Crippen MR) is 99.3 cm³/mol. The van der Waals surface area contributed by atoms with Gasteiger partial charge in [0.25, 0.3) is 0 Å². The Kier molecular flexibility index (Phi) is 9.04. The number of ketones is 1. The van der Waals surface area contributed by atoms with Gasteiger partial charge in [0.1, 0.15) is 0 Å². The molecule has 2 rings (SSSR count). The molecule has 2 heterocycles. The first-order valence-corrected chi connectivity index (χ1v) is 10.2. The number of nitrogens with zero attached hydrogens (tertiary/aromatic N) is 1. The number of carbonyl (C=O) groups excluding carboxylic acids is 3. The largest absolute Gasteiger partial charge is 0.465 e. The molecular weight excluding hydrogens is 350 g/mol. The Morgan fingerprint density at radius 3 is 2.33 bits per heavy atom. The second-order valence-corrected chi connectivity index (χ2v) is 7.62. The van der Waals surface area contributed by atoms with Gasteiger partial charge in [-0.3, -0.25) is 9.59 Å². The number of hydrogen-bond acceptors (Lipinski definition) is 6. The van der Waals surface area contributed by atoms with E-state index in [1.165, 1.54) is 0 Å². The first-order valence-electron chi connectivity index (χ1n) is 10.2. The van der Waals surface area contributed by atoms with Gasteiger partial charge in [-0.1, -0.05) is 26.7 Å². The zero-order chi connectivity index (χ0) is 19.6. The highest BCUT2D eigenvalue weighted by Crippen LogP contribution is 2.20. The van der Waals surface area contributed by atoms with E-state index in [0.717, 1.165) is 25.7 Å². The van der Waals surface area contributed by atoms with E-state index in [2.05, 4.69) is 0 Å². The molecule has 0 N–H and O–H groups in total. The number of cyclic esters (lactones) is 1. The number of hydrogen-bond donors (Lipinski definition) is 0. The monoisotopic (exact) mass is 383 g/mol. The summed E-state index contributed by atoms with van der Waals surface area (Å²) in [7, 11) is 0. The molecule has 0 bridgehead atoms. The van der Waals surface area contributed by atoms with Crippen molar-refractivity contribution in [3.8, 4) is 0 Å². The SMILES string of the molecule is CC1CCCCCC(OC(=O)N2CCOCC2)C(=O)C(C)CCCOC1=O. The Hall–Kier alpha value is -1.63. The number of Topliss-reactive ketones (excluding diaryl/α,β-unsaturated/α-hetero) is 1. The molecule has 0 aromatic rings. The average Bonchev–Trinajstić information content (AvgIpc) is 2.68. The van der Waals surface area contributed by atoms with Crippen molar-refractivity contribution in [3.63, 3.8) is 0 Å². The summed E-state index contributed by atoms with van der Waals surface area (Å²) in [5.41, 5.74) is 0. The third kappa shape index (κ3) is 7.13. The molecular formula is C20H33NO6. The van der Waals surface area contributed by atoms with E-state index in [4.69, 9.17) is 14.2 Å². The minimum Gasteiger partial charge on any atom is -0.465 e.